The second-order valence-electron chi connectivity index (χ2n) is 6.05. The molecule has 0 unspecified atom stereocenters. The highest BCUT2D eigenvalue weighted by Crippen LogP contribution is 2.18. The van der Waals surface area contributed by atoms with Crippen molar-refractivity contribution in [2.24, 2.45) is 0 Å². The third-order valence-corrected chi connectivity index (χ3v) is 6.55. The molecule has 8 nitrogen and oxygen atoms in total. The second kappa shape index (κ2) is 7.12. The van der Waals surface area contributed by atoms with Crippen LogP contribution in [0, 0.1) is 0 Å². The van der Waals surface area contributed by atoms with E-state index in [0.717, 1.165) is 19.3 Å². The van der Waals surface area contributed by atoms with Crippen LogP contribution in [-0.4, -0.2) is 77.1 Å². The molecule has 0 bridgehead atoms. The van der Waals surface area contributed by atoms with Crippen molar-refractivity contribution in [1.29, 1.82) is 0 Å². The average Bonchev–Trinajstić information content (AvgIpc) is 3.17. The lowest BCUT2D eigenvalue weighted by molar-refractivity contribution is 0.0693. The van der Waals surface area contributed by atoms with E-state index >= 15 is 0 Å². The van der Waals surface area contributed by atoms with E-state index in [1.807, 2.05) is 6.92 Å². The molecule has 0 radical (unpaired) electrons. The van der Waals surface area contributed by atoms with E-state index in [2.05, 4.69) is 9.97 Å². The molecule has 0 saturated carbocycles. The second-order valence-corrected chi connectivity index (χ2v) is 7.98. The molecule has 2 aliphatic rings. The number of rotatable bonds is 4. The van der Waals surface area contributed by atoms with Crippen LogP contribution in [0.4, 0.5) is 0 Å². The van der Waals surface area contributed by atoms with Crippen LogP contribution in [0.25, 0.3) is 0 Å². The van der Waals surface area contributed by atoms with Crippen LogP contribution in [0.15, 0.2) is 12.4 Å². The third kappa shape index (κ3) is 3.42. The molecule has 1 aromatic rings. The molecule has 0 aromatic carbocycles. The minimum Gasteiger partial charge on any atom is -0.336 e. The minimum atomic E-state index is -3.38. The van der Waals surface area contributed by atoms with E-state index in [-0.39, 0.29) is 5.91 Å². The number of aryl methyl sites for hydroxylation is 1. The molecule has 24 heavy (non-hydrogen) atoms. The Balaban J connectivity index is 1.60. The molecule has 3 heterocycles. The molecule has 2 saturated heterocycles. The van der Waals surface area contributed by atoms with Crippen LogP contribution in [0.3, 0.4) is 0 Å². The van der Waals surface area contributed by atoms with Gasteiger partial charge in [0, 0.05) is 58.1 Å². The van der Waals surface area contributed by atoms with Crippen molar-refractivity contribution < 1.29 is 13.2 Å². The van der Waals surface area contributed by atoms with Crippen molar-refractivity contribution in [3.63, 3.8) is 0 Å². The zero-order valence-electron chi connectivity index (χ0n) is 13.9. The highest BCUT2D eigenvalue weighted by atomic mass is 32.2. The minimum absolute atomic E-state index is 0.143. The van der Waals surface area contributed by atoms with Gasteiger partial charge in [-0.2, -0.15) is 17.0 Å². The number of piperazine rings is 1. The Hall–Kier alpha value is -1.58. The lowest BCUT2D eigenvalue weighted by Gasteiger charge is -2.35. The molecule has 2 aliphatic heterocycles. The van der Waals surface area contributed by atoms with Gasteiger partial charge in [-0.1, -0.05) is 6.92 Å². The Morgan fingerprint density at radius 3 is 2.08 bits per heavy atom. The first-order valence-electron chi connectivity index (χ1n) is 8.38. The molecule has 0 spiro atoms. The van der Waals surface area contributed by atoms with Crippen LogP contribution in [0.2, 0.25) is 0 Å². The smallest absolute Gasteiger partial charge is 0.282 e. The summed E-state index contributed by atoms with van der Waals surface area (Å²) >= 11 is 0. The highest BCUT2D eigenvalue weighted by molar-refractivity contribution is 7.86. The number of nitrogens with zero attached hydrogens (tertiary/aromatic N) is 5. The Morgan fingerprint density at radius 2 is 1.54 bits per heavy atom. The lowest BCUT2D eigenvalue weighted by Crippen LogP contribution is -2.53. The molecule has 0 N–H and O–H groups in total. The van der Waals surface area contributed by atoms with E-state index in [4.69, 9.17) is 0 Å². The zero-order valence-corrected chi connectivity index (χ0v) is 14.7. The van der Waals surface area contributed by atoms with Gasteiger partial charge in [0.15, 0.2) is 0 Å². The summed E-state index contributed by atoms with van der Waals surface area (Å²) in [4.78, 5) is 22.4. The van der Waals surface area contributed by atoms with Gasteiger partial charge >= 0.3 is 0 Å². The Kier molecular flexibility index (Phi) is 5.12. The molecular weight excluding hydrogens is 330 g/mol. The number of aromatic nitrogens is 2. The summed E-state index contributed by atoms with van der Waals surface area (Å²) in [5, 5.41) is 0. The van der Waals surface area contributed by atoms with Crippen molar-refractivity contribution in [2.75, 3.05) is 39.3 Å². The summed E-state index contributed by atoms with van der Waals surface area (Å²) in [5.41, 5.74) is 0.447. The fourth-order valence-corrected chi connectivity index (χ4v) is 4.71. The first-order chi connectivity index (χ1) is 11.5. The Morgan fingerprint density at radius 1 is 1.00 bits per heavy atom. The van der Waals surface area contributed by atoms with E-state index < -0.39 is 10.2 Å². The molecule has 2 fully saturated rings. The van der Waals surface area contributed by atoms with E-state index in [1.165, 1.54) is 4.31 Å². The summed E-state index contributed by atoms with van der Waals surface area (Å²) in [6.07, 6.45) is 5.65. The average molecular weight is 353 g/mol. The predicted molar refractivity (Wildman–Crippen MR) is 88.6 cm³/mol. The van der Waals surface area contributed by atoms with Gasteiger partial charge in [0.05, 0.1) is 5.56 Å². The molecule has 132 valence electrons. The standard InChI is InChI=1S/C15H23N5O3S/c1-2-14-16-11-13(12-17-14)15(21)18-7-9-20(10-8-18)24(22,23)19-5-3-4-6-19/h11-12H,2-10H2,1H3. The molecule has 9 heteroatoms. The maximum absolute atomic E-state index is 12.5. The Bertz CT molecular complexity index is 678. The maximum atomic E-state index is 12.5. The molecule has 1 aromatic heterocycles. The van der Waals surface area contributed by atoms with Crippen LogP contribution in [0.5, 0.6) is 0 Å². The first kappa shape index (κ1) is 17.2. The van der Waals surface area contributed by atoms with Crippen LogP contribution in [0.1, 0.15) is 35.9 Å². The summed E-state index contributed by atoms with van der Waals surface area (Å²) < 4.78 is 28.1. The van der Waals surface area contributed by atoms with Crippen molar-refractivity contribution >= 4 is 16.1 Å². The van der Waals surface area contributed by atoms with E-state index in [1.54, 1.807) is 21.6 Å². The highest BCUT2D eigenvalue weighted by Gasteiger charge is 2.34. The summed E-state index contributed by atoms with van der Waals surface area (Å²) in [5.74, 6) is 0.559. The van der Waals surface area contributed by atoms with Crippen molar-refractivity contribution in [3.8, 4) is 0 Å². The van der Waals surface area contributed by atoms with Gasteiger partial charge in [0.25, 0.3) is 16.1 Å². The predicted octanol–water partition coefficient (Wildman–Crippen LogP) is 0.137. The topological polar surface area (TPSA) is 86.7 Å². The Labute approximate surface area is 142 Å². The molecule has 0 atom stereocenters. The quantitative estimate of drug-likeness (QED) is 0.768. The number of carbonyl (C=O) groups excluding carboxylic acids is 1. The van der Waals surface area contributed by atoms with Gasteiger partial charge in [-0.15, -0.1) is 0 Å². The van der Waals surface area contributed by atoms with Crippen molar-refractivity contribution in [2.45, 2.75) is 26.2 Å². The van der Waals surface area contributed by atoms with Gasteiger partial charge in [-0.3, -0.25) is 4.79 Å². The van der Waals surface area contributed by atoms with Crippen LogP contribution >= 0.6 is 0 Å². The van der Waals surface area contributed by atoms with Crippen molar-refractivity contribution in [3.05, 3.63) is 23.8 Å². The maximum Gasteiger partial charge on any atom is 0.282 e. The molecular formula is C15H23N5O3S. The summed E-state index contributed by atoms with van der Waals surface area (Å²) in [6.45, 7) is 4.60. The zero-order chi connectivity index (χ0) is 17.2. The largest absolute Gasteiger partial charge is 0.336 e. The normalized spacial score (nSPS) is 20.5. The lowest BCUT2D eigenvalue weighted by atomic mass is 10.2. The SMILES string of the molecule is CCc1ncc(C(=O)N2CCN(S(=O)(=O)N3CCCC3)CC2)cn1. The van der Waals surface area contributed by atoms with Crippen LogP contribution in [-0.2, 0) is 16.6 Å². The first-order valence-corrected chi connectivity index (χ1v) is 9.77. The number of hydrogen-bond acceptors (Lipinski definition) is 5. The fourth-order valence-electron chi connectivity index (χ4n) is 3.03. The van der Waals surface area contributed by atoms with Gasteiger partial charge in [-0.25, -0.2) is 9.97 Å². The van der Waals surface area contributed by atoms with Gasteiger partial charge < -0.3 is 4.90 Å². The molecule has 0 aliphatic carbocycles. The molecule has 1 amide bonds. The number of amides is 1. The van der Waals surface area contributed by atoms with E-state index in [9.17, 15) is 13.2 Å². The number of carbonyl (C=O) groups is 1. The van der Waals surface area contributed by atoms with Gasteiger partial charge in [0.2, 0.25) is 0 Å². The summed E-state index contributed by atoms with van der Waals surface area (Å²) in [6, 6.07) is 0. The fraction of sp³-hybridized carbons (Fsp3) is 0.667. The number of hydrogen-bond donors (Lipinski definition) is 0. The molecule has 3 rings (SSSR count). The summed E-state index contributed by atoms with van der Waals surface area (Å²) in [7, 11) is -3.38. The monoisotopic (exact) mass is 353 g/mol. The van der Waals surface area contributed by atoms with Crippen molar-refractivity contribution in [1.82, 2.24) is 23.5 Å². The third-order valence-electron chi connectivity index (χ3n) is 4.51. The van der Waals surface area contributed by atoms with Gasteiger partial charge in [-0.05, 0) is 12.8 Å². The van der Waals surface area contributed by atoms with Gasteiger partial charge in [0.1, 0.15) is 5.82 Å². The van der Waals surface area contributed by atoms with E-state index in [0.29, 0.717) is 50.7 Å². The van der Waals surface area contributed by atoms with Crippen LogP contribution < -0.4 is 0 Å².